The molecule has 0 rings (SSSR count). The first kappa shape index (κ1) is 24.4. The van der Waals surface area contributed by atoms with Gasteiger partial charge in [0, 0.05) is 6.42 Å². The van der Waals surface area contributed by atoms with Crippen LogP contribution < -0.4 is 0 Å². The summed E-state index contributed by atoms with van der Waals surface area (Å²) >= 11 is 0. The third-order valence-corrected chi connectivity index (χ3v) is 2.72. The molecule has 0 atom stereocenters. The Labute approximate surface area is 128 Å². The van der Waals surface area contributed by atoms with Crippen LogP contribution in [0, 0.1) is 5.41 Å². The van der Waals surface area contributed by atoms with Crippen molar-refractivity contribution in [2.75, 3.05) is 20.8 Å². The molecule has 0 amide bonds. The molecule has 0 aliphatic carbocycles. The predicted molar refractivity (Wildman–Crippen MR) is 80.7 cm³/mol. The second kappa shape index (κ2) is 13.4. The van der Waals surface area contributed by atoms with Crippen molar-refractivity contribution < 1.29 is 28.6 Å². The standard InChI is InChI=1S/C10H18O4.C4H8O2.CH4/c1-5-10(2,3)9(12)14-7-6-8(11)13-4;1-3-4(5)6-2;/h5-7H2,1-4H3;3H2,1-2H3;1H4. The SMILES string of the molecule is C.CCC(=O)OC.CCC(C)(C)C(=O)OCCC(=O)OC. The summed E-state index contributed by atoms with van der Waals surface area (Å²) in [5.41, 5.74) is -0.476. The summed E-state index contributed by atoms with van der Waals surface area (Å²) in [5, 5.41) is 0. The van der Waals surface area contributed by atoms with Gasteiger partial charge >= 0.3 is 17.9 Å². The molecule has 126 valence electrons. The second-order valence-corrected chi connectivity index (χ2v) is 4.63. The van der Waals surface area contributed by atoms with Gasteiger partial charge in [-0.3, -0.25) is 14.4 Å². The predicted octanol–water partition coefficient (Wildman–Crippen LogP) is 2.73. The molecule has 0 aliphatic rings. The van der Waals surface area contributed by atoms with Crippen LogP contribution in [-0.4, -0.2) is 38.7 Å². The highest BCUT2D eigenvalue weighted by molar-refractivity contribution is 5.76. The molecule has 0 aromatic rings. The number of carbonyl (C=O) groups is 3. The molecule has 0 spiro atoms. The van der Waals surface area contributed by atoms with Crippen LogP contribution in [0.3, 0.4) is 0 Å². The molecule has 6 nitrogen and oxygen atoms in total. The minimum atomic E-state index is -0.476. The first-order chi connectivity index (χ1) is 9.24. The van der Waals surface area contributed by atoms with Gasteiger partial charge in [-0.25, -0.2) is 0 Å². The number of hydrogen-bond donors (Lipinski definition) is 0. The van der Waals surface area contributed by atoms with Crippen LogP contribution in [0.4, 0.5) is 0 Å². The van der Waals surface area contributed by atoms with E-state index >= 15 is 0 Å². The molecule has 0 aromatic carbocycles. The van der Waals surface area contributed by atoms with Gasteiger partial charge in [0.05, 0.1) is 26.1 Å². The molecule has 0 saturated heterocycles. The van der Waals surface area contributed by atoms with E-state index in [2.05, 4.69) is 9.47 Å². The minimum Gasteiger partial charge on any atom is -0.469 e. The zero-order chi connectivity index (χ0) is 16.2. The zero-order valence-corrected chi connectivity index (χ0v) is 13.3. The Bertz CT molecular complexity index is 303. The highest BCUT2D eigenvalue weighted by Crippen LogP contribution is 2.21. The number of rotatable bonds is 6. The normalized spacial score (nSPS) is 9.43. The number of hydrogen-bond acceptors (Lipinski definition) is 6. The summed E-state index contributed by atoms with van der Waals surface area (Å²) in [6.45, 7) is 7.39. The molecule has 6 heteroatoms. The van der Waals surface area contributed by atoms with E-state index in [1.54, 1.807) is 6.92 Å². The summed E-state index contributed by atoms with van der Waals surface area (Å²) in [5.74, 6) is -0.800. The van der Waals surface area contributed by atoms with E-state index in [0.717, 1.165) is 0 Å². The van der Waals surface area contributed by atoms with Crippen molar-refractivity contribution in [2.45, 2.75) is 54.4 Å². The molecule has 0 unspecified atom stereocenters. The Kier molecular flexibility index (Phi) is 15.6. The Morgan fingerprint density at radius 3 is 1.71 bits per heavy atom. The van der Waals surface area contributed by atoms with Gasteiger partial charge in [-0.05, 0) is 20.3 Å². The fourth-order valence-corrected chi connectivity index (χ4v) is 0.813. The summed E-state index contributed by atoms with van der Waals surface area (Å²) in [7, 11) is 2.69. The van der Waals surface area contributed by atoms with E-state index in [1.807, 2.05) is 20.8 Å². The molecular formula is C15H30O6. The number of methoxy groups -OCH3 is 2. The Balaban J connectivity index is -0.000000394. The van der Waals surface area contributed by atoms with Crippen LogP contribution in [0.5, 0.6) is 0 Å². The van der Waals surface area contributed by atoms with E-state index in [0.29, 0.717) is 12.8 Å². The lowest BCUT2D eigenvalue weighted by molar-refractivity contribution is -0.156. The van der Waals surface area contributed by atoms with Crippen molar-refractivity contribution in [3.05, 3.63) is 0 Å². The van der Waals surface area contributed by atoms with Crippen molar-refractivity contribution >= 4 is 17.9 Å². The summed E-state index contributed by atoms with van der Waals surface area (Å²) in [6.07, 6.45) is 1.29. The minimum absolute atomic E-state index is 0. The zero-order valence-electron chi connectivity index (χ0n) is 13.3. The average Bonchev–Trinajstić information content (AvgIpc) is 2.46. The van der Waals surface area contributed by atoms with Crippen LogP contribution in [0.15, 0.2) is 0 Å². The van der Waals surface area contributed by atoms with E-state index in [-0.39, 0.29) is 38.4 Å². The molecule has 0 saturated carbocycles. The Morgan fingerprint density at radius 1 is 0.952 bits per heavy atom. The topological polar surface area (TPSA) is 78.9 Å². The lowest BCUT2D eigenvalue weighted by atomic mass is 9.91. The van der Waals surface area contributed by atoms with Crippen LogP contribution in [0.2, 0.25) is 0 Å². The van der Waals surface area contributed by atoms with Crippen molar-refractivity contribution in [3.63, 3.8) is 0 Å². The third-order valence-electron chi connectivity index (χ3n) is 2.72. The number of carbonyl (C=O) groups excluding carboxylic acids is 3. The van der Waals surface area contributed by atoms with Gasteiger partial charge in [0.1, 0.15) is 6.61 Å². The molecule has 0 heterocycles. The van der Waals surface area contributed by atoms with Crippen LogP contribution in [0.25, 0.3) is 0 Å². The molecule has 0 bridgehead atoms. The van der Waals surface area contributed by atoms with E-state index in [4.69, 9.17) is 4.74 Å². The number of esters is 3. The maximum absolute atomic E-state index is 11.4. The fraction of sp³-hybridized carbons (Fsp3) is 0.800. The molecule has 21 heavy (non-hydrogen) atoms. The van der Waals surface area contributed by atoms with E-state index in [1.165, 1.54) is 14.2 Å². The summed E-state index contributed by atoms with van der Waals surface area (Å²) < 4.78 is 13.6. The third kappa shape index (κ3) is 13.2. The quantitative estimate of drug-likeness (QED) is 0.554. The molecule has 0 aliphatic heterocycles. The molecular weight excluding hydrogens is 276 g/mol. The van der Waals surface area contributed by atoms with E-state index in [9.17, 15) is 14.4 Å². The van der Waals surface area contributed by atoms with Crippen LogP contribution in [0.1, 0.15) is 54.4 Å². The van der Waals surface area contributed by atoms with Crippen LogP contribution in [-0.2, 0) is 28.6 Å². The van der Waals surface area contributed by atoms with Crippen LogP contribution >= 0.6 is 0 Å². The van der Waals surface area contributed by atoms with Crippen molar-refractivity contribution in [1.29, 1.82) is 0 Å². The van der Waals surface area contributed by atoms with E-state index < -0.39 is 5.41 Å². The van der Waals surface area contributed by atoms with Crippen molar-refractivity contribution in [3.8, 4) is 0 Å². The highest BCUT2D eigenvalue weighted by Gasteiger charge is 2.26. The molecule has 0 N–H and O–H groups in total. The highest BCUT2D eigenvalue weighted by atomic mass is 16.5. The van der Waals surface area contributed by atoms with Crippen molar-refractivity contribution in [2.24, 2.45) is 5.41 Å². The molecule has 0 fully saturated rings. The Morgan fingerprint density at radius 2 is 1.43 bits per heavy atom. The summed E-state index contributed by atoms with van der Waals surface area (Å²) in [6, 6.07) is 0. The van der Waals surface area contributed by atoms with Gasteiger partial charge < -0.3 is 14.2 Å². The van der Waals surface area contributed by atoms with Gasteiger partial charge in [0.2, 0.25) is 0 Å². The Hall–Kier alpha value is -1.59. The van der Waals surface area contributed by atoms with Gasteiger partial charge in [-0.15, -0.1) is 0 Å². The van der Waals surface area contributed by atoms with Crippen molar-refractivity contribution in [1.82, 2.24) is 0 Å². The lowest BCUT2D eigenvalue weighted by Crippen LogP contribution is -2.26. The first-order valence-electron chi connectivity index (χ1n) is 6.55. The molecule has 0 aromatic heterocycles. The number of ether oxygens (including phenoxy) is 3. The summed E-state index contributed by atoms with van der Waals surface area (Å²) in [4.78, 5) is 32.0. The monoisotopic (exact) mass is 306 g/mol. The maximum atomic E-state index is 11.4. The van der Waals surface area contributed by atoms with Gasteiger partial charge in [0.15, 0.2) is 0 Å². The van der Waals surface area contributed by atoms with Gasteiger partial charge in [0.25, 0.3) is 0 Å². The smallest absolute Gasteiger partial charge is 0.311 e. The largest absolute Gasteiger partial charge is 0.469 e. The van der Waals surface area contributed by atoms with Gasteiger partial charge in [-0.1, -0.05) is 21.3 Å². The first-order valence-corrected chi connectivity index (χ1v) is 6.55. The average molecular weight is 306 g/mol. The second-order valence-electron chi connectivity index (χ2n) is 4.63. The lowest BCUT2D eigenvalue weighted by Gasteiger charge is -2.19. The maximum Gasteiger partial charge on any atom is 0.311 e. The molecule has 0 radical (unpaired) electrons. The van der Waals surface area contributed by atoms with Gasteiger partial charge in [-0.2, -0.15) is 0 Å². The fourth-order valence-electron chi connectivity index (χ4n) is 0.813.